The first-order valence-electron chi connectivity index (χ1n) is 5.61. The van der Waals surface area contributed by atoms with Crippen molar-refractivity contribution in [3.8, 4) is 0 Å². The molecule has 0 aliphatic heterocycles. The van der Waals surface area contributed by atoms with Gasteiger partial charge in [0.2, 0.25) is 0 Å². The molecule has 1 heterocycles. The third-order valence-corrected chi connectivity index (χ3v) is 2.53. The monoisotopic (exact) mass is 223 g/mol. The second-order valence-electron chi connectivity index (χ2n) is 3.91. The number of ether oxygens (including phenoxy) is 1. The predicted octanol–water partition coefficient (Wildman–Crippen LogP) is 1.93. The standard InChI is InChI=1S/C12H21N3O/c1-5-16-8-6-7-13-10(2)12-9-15(4)14-11(12)3/h5,9-10,13H,1,6-8H2,2-4H3. The molecule has 0 radical (unpaired) electrons. The molecular formula is C12H21N3O. The van der Waals surface area contributed by atoms with Gasteiger partial charge in [0.25, 0.3) is 0 Å². The Bertz CT molecular complexity index is 333. The van der Waals surface area contributed by atoms with Crippen molar-refractivity contribution in [1.82, 2.24) is 15.1 Å². The largest absolute Gasteiger partial charge is 0.502 e. The maximum Gasteiger partial charge on any atom is 0.0885 e. The lowest BCUT2D eigenvalue weighted by molar-refractivity contribution is 0.243. The van der Waals surface area contributed by atoms with Crippen LogP contribution in [0.5, 0.6) is 0 Å². The molecule has 1 atom stereocenters. The first kappa shape index (κ1) is 12.8. The van der Waals surface area contributed by atoms with Gasteiger partial charge in [-0.05, 0) is 26.8 Å². The van der Waals surface area contributed by atoms with Gasteiger partial charge in [-0.1, -0.05) is 6.58 Å². The van der Waals surface area contributed by atoms with E-state index in [4.69, 9.17) is 4.74 Å². The maximum absolute atomic E-state index is 5.06. The molecule has 16 heavy (non-hydrogen) atoms. The van der Waals surface area contributed by atoms with Crippen molar-refractivity contribution in [3.05, 3.63) is 30.3 Å². The van der Waals surface area contributed by atoms with Crippen LogP contribution in [0, 0.1) is 6.92 Å². The summed E-state index contributed by atoms with van der Waals surface area (Å²) in [5.41, 5.74) is 2.34. The number of aryl methyl sites for hydroxylation is 2. The summed E-state index contributed by atoms with van der Waals surface area (Å²) in [6, 6.07) is 0.331. The van der Waals surface area contributed by atoms with Gasteiger partial charge in [0.1, 0.15) is 0 Å². The molecule has 4 heteroatoms. The summed E-state index contributed by atoms with van der Waals surface area (Å²) >= 11 is 0. The van der Waals surface area contributed by atoms with Gasteiger partial charge >= 0.3 is 0 Å². The molecular weight excluding hydrogens is 202 g/mol. The van der Waals surface area contributed by atoms with Gasteiger partial charge in [-0.2, -0.15) is 5.10 Å². The zero-order chi connectivity index (χ0) is 12.0. The quantitative estimate of drug-likeness (QED) is 0.567. The van der Waals surface area contributed by atoms with Crippen LogP contribution in [0.1, 0.15) is 30.6 Å². The number of aromatic nitrogens is 2. The van der Waals surface area contributed by atoms with Crippen LogP contribution in [0.4, 0.5) is 0 Å². The van der Waals surface area contributed by atoms with E-state index in [0.29, 0.717) is 6.04 Å². The predicted molar refractivity (Wildman–Crippen MR) is 65.1 cm³/mol. The van der Waals surface area contributed by atoms with Gasteiger partial charge in [-0.3, -0.25) is 4.68 Å². The molecule has 0 aliphatic carbocycles. The van der Waals surface area contributed by atoms with E-state index < -0.39 is 0 Å². The van der Waals surface area contributed by atoms with E-state index in [9.17, 15) is 0 Å². The Morgan fingerprint density at radius 1 is 1.69 bits per heavy atom. The summed E-state index contributed by atoms with van der Waals surface area (Å²) in [6.07, 6.45) is 4.53. The Kier molecular flexibility index (Phi) is 5.05. The van der Waals surface area contributed by atoms with Crippen molar-refractivity contribution < 1.29 is 4.74 Å². The van der Waals surface area contributed by atoms with E-state index in [1.54, 1.807) is 0 Å². The fourth-order valence-electron chi connectivity index (χ4n) is 1.71. The molecule has 4 nitrogen and oxygen atoms in total. The zero-order valence-electron chi connectivity index (χ0n) is 10.4. The number of nitrogens with zero attached hydrogens (tertiary/aromatic N) is 2. The van der Waals surface area contributed by atoms with E-state index in [2.05, 4.69) is 30.1 Å². The Hall–Kier alpha value is -1.29. The first-order chi connectivity index (χ1) is 7.65. The molecule has 1 aromatic heterocycles. The van der Waals surface area contributed by atoms with Crippen LogP contribution in [0.3, 0.4) is 0 Å². The highest BCUT2D eigenvalue weighted by molar-refractivity contribution is 5.19. The van der Waals surface area contributed by atoms with E-state index in [1.165, 1.54) is 11.8 Å². The number of hydrogen-bond donors (Lipinski definition) is 1. The van der Waals surface area contributed by atoms with Crippen LogP contribution in [0.2, 0.25) is 0 Å². The fourth-order valence-corrected chi connectivity index (χ4v) is 1.71. The summed E-state index contributed by atoms with van der Waals surface area (Å²) in [4.78, 5) is 0. The smallest absolute Gasteiger partial charge is 0.0885 e. The normalized spacial score (nSPS) is 12.4. The molecule has 1 aromatic rings. The highest BCUT2D eigenvalue weighted by atomic mass is 16.5. The van der Waals surface area contributed by atoms with Crippen LogP contribution in [-0.2, 0) is 11.8 Å². The summed E-state index contributed by atoms with van der Waals surface area (Å²) in [5, 5.41) is 7.77. The average molecular weight is 223 g/mol. The lowest BCUT2D eigenvalue weighted by Crippen LogP contribution is -2.21. The molecule has 0 saturated carbocycles. The van der Waals surface area contributed by atoms with Gasteiger partial charge in [0, 0.05) is 24.8 Å². The summed E-state index contributed by atoms with van der Waals surface area (Å²) < 4.78 is 6.91. The van der Waals surface area contributed by atoms with Gasteiger partial charge in [0.05, 0.1) is 18.6 Å². The van der Waals surface area contributed by atoms with Crippen LogP contribution < -0.4 is 5.32 Å². The van der Waals surface area contributed by atoms with Crippen molar-refractivity contribution in [2.24, 2.45) is 7.05 Å². The SMILES string of the molecule is C=COCCCNC(C)c1cn(C)nc1C. The van der Waals surface area contributed by atoms with Crippen molar-refractivity contribution in [2.45, 2.75) is 26.3 Å². The molecule has 0 fully saturated rings. The van der Waals surface area contributed by atoms with Gasteiger partial charge in [0.15, 0.2) is 0 Å². The fraction of sp³-hybridized carbons (Fsp3) is 0.583. The van der Waals surface area contributed by atoms with E-state index in [1.807, 2.05) is 18.7 Å². The van der Waals surface area contributed by atoms with E-state index in [-0.39, 0.29) is 0 Å². The molecule has 0 aromatic carbocycles. The second kappa shape index (κ2) is 6.33. The maximum atomic E-state index is 5.06. The summed E-state index contributed by atoms with van der Waals surface area (Å²) in [7, 11) is 1.95. The van der Waals surface area contributed by atoms with Gasteiger partial charge in [-0.15, -0.1) is 0 Å². The van der Waals surface area contributed by atoms with Gasteiger partial charge < -0.3 is 10.1 Å². The minimum atomic E-state index is 0.331. The van der Waals surface area contributed by atoms with Crippen LogP contribution >= 0.6 is 0 Å². The lowest BCUT2D eigenvalue weighted by Gasteiger charge is -2.12. The number of hydrogen-bond acceptors (Lipinski definition) is 3. The Morgan fingerprint density at radius 2 is 2.44 bits per heavy atom. The number of rotatable bonds is 7. The second-order valence-corrected chi connectivity index (χ2v) is 3.91. The van der Waals surface area contributed by atoms with E-state index >= 15 is 0 Å². The molecule has 1 N–H and O–H groups in total. The summed E-state index contributed by atoms with van der Waals surface area (Å²) in [5.74, 6) is 0. The first-order valence-corrected chi connectivity index (χ1v) is 5.61. The van der Waals surface area contributed by atoms with Crippen LogP contribution in [0.15, 0.2) is 19.0 Å². The molecule has 0 amide bonds. The number of nitrogens with one attached hydrogen (secondary N) is 1. The Morgan fingerprint density at radius 3 is 3.00 bits per heavy atom. The highest BCUT2D eigenvalue weighted by Crippen LogP contribution is 2.14. The molecule has 1 rings (SSSR count). The lowest BCUT2D eigenvalue weighted by atomic mass is 10.1. The highest BCUT2D eigenvalue weighted by Gasteiger charge is 2.10. The average Bonchev–Trinajstić information content (AvgIpc) is 2.57. The van der Waals surface area contributed by atoms with E-state index in [0.717, 1.165) is 25.3 Å². The third-order valence-electron chi connectivity index (χ3n) is 2.53. The Labute approximate surface area is 97.3 Å². The van der Waals surface area contributed by atoms with Crippen molar-refractivity contribution in [1.29, 1.82) is 0 Å². The molecule has 1 unspecified atom stereocenters. The molecule has 0 bridgehead atoms. The van der Waals surface area contributed by atoms with Crippen molar-refractivity contribution in [2.75, 3.05) is 13.2 Å². The van der Waals surface area contributed by atoms with Crippen LogP contribution in [0.25, 0.3) is 0 Å². The van der Waals surface area contributed by atoms with Crippen molar-refractivity contribution in [3.63, 3.8) is 0 Å². The molecule has 0 saturated heterocycles. The zero-order valence-corrected chi connectivity index (χ0v) is 10.4. The third kappa shape index (κ3) is 3.70. The molecule has 0 spiro atoms. The van der Waals surface area contributed by atoms with Crippen LogP contribution in [-0.4, -0.2) is 22.9 Å². The molecule has 90 valence electrons. The van der Waals surface area contributed by atoms with Gasteiger partial charge in [-0.25, -0.2) is 0 Å². The summed E-state index contributed by atoms with van der Waals surface area (Å²) in [6.45, 7) is 9.34. The van der Waals surface area contributed by atoms with Crippen molar-refractivity contribution >= 4 is 0 Å². The topological polar surface area (TPSA) is 39.1 Å². The Balaban J connectivity index is 2.32. The minimum absolute atomic E-state index is 0.331. The minimum Gasteiger partial charge on any atom is -0.502 e. The molecule has 0 aliphatic rings.